The summed E-state index contributed by atoms with van der Waals surface area (Å²) in [5.41, 5.74) is 0. The van der Waals surface area contributed by atoms with Crippen molar-refractivity contribution in [3.8, 4) is 0 Å². The summed E-state index contributed by atoms with van der Waals surface area (Å²) < 4.78 is 0. The van der Waals surface area contributed by atoms with E-state index in [1.54, 1.807) is 0 Å². The highest BCUT2D eigenvalue weighted by molar-refractivity contribution is 5.81. The van der Waals surface area contributed by atoms with Crippen LogP contribution in [0.3, 0.4) is 0 Å². The topological polar surface area (TPSA) is 73.8 Å². The molecule has 0 aromatic carbocycles. The second kappa shape index (κ2) is 10.3. The van der Waals surface area contributed by atoms with Crippen LogP contribution in [0, 0.1) is 5.92 Å². The van der Waals surface area contributed by atoms with Gasteiger partial charge in [-0.05, 0) is 25.2 Å². The Bertz CT molecular complexity index is 227. The Morgan fingerprint density at radius 2 is 1.76 bits per heavy atom. The lowest BCUT2D eigenvalue weighted by Gasteiger charge is -2.04. The van der Waals surface area contributed by atoms with Crippen molar-refractivity contribution in [1.29, 1.82) is 0 Å². The van der Waals surface area contributed by atoms with Gasteiger partial charge in [-0.1, -0.05) is 20.3 Å². The number of aliphatic carboxylic acids is 1. The van der Waals surface area contributed by atoms with Crippen molar-refractivity contribution in [3.63, 3.8) is 0 Å². The highest BCUT2D eigenvalue weighted by Gasteiger charge is 2.03. The molecule has 0 aliphatic heterocycles. The van der Waals surface area contributed by atoms with E-state index in [-0.39, 0.29) is 18.6 Å². The number of carboxylic acids is 1. The molecule has 0 amide bonds. The molecule has 0 unspecified atom stereocenters. The lowest BCUT2D eigenvalue weighted by Crippen LogP contribution is -2.84. The van der Waals surface area contributed by atoms with Gasteiger partial charge in [-0.25, -0.2) is 0 Å². The molecule has 0 saturated carbocycles. The molecule has 0 heterocycles. The monoisotopic (exact) mass is 243 g/mol. The van der Waals surface area contributed by atoms with Gasteiger partial charge in [0.05, 0.1) is 19.5 Å². The van der Waals surface area contributed by atoms with Gasteiger partial charge in [0.2, 0.25) is 0 Å². The molecule has 0 radical (unpaired) electrons. The number of carboxylic acid groups (broad SMARTS) is 1. The summed E-state index contributed by atoms with van der Waals surface area (Å²) in [7, 11) is 0. The molecule has 4 heteroatoms. The van der Waals surface area contributed by atoms with Crippen molar-refractivity contribution in [3.05, 3.63) is 0 Å². The Morgan fingerprint density at radius 3 is 2.35 bits per heavy atom. The van der Waals surface area contributed by atoms with E-state index in [1.165, 1.54) is 19.3 Å². The van der Waals surface area contributed by atoms with E-state index >= 15 is 0 Å². The minimum absolute atomic E-state index is 0.0210. The number of unbranched alkanes of at least 4 members (excludes halogenated alkanes) is 1. The second-order valence-electron chi connectivity index (χ2n) is 4.92. The molecular weight excluding hydrogens is 218 g/mol. The van der Waals surface area contributed by atoms with Crippen LogP contribution in [-0.2, 0) is 9.59 Å². The number of hydrogen-bond acceptors (Lipinski definition) is 3. The third-order valence-corrected chi connectivity index (χ3v) is 2.67. The SMILES string of the molecule is CC(C)CCCC[NH2+]CCC(=O)CCC(=O)[O-]. The molecule has 0 aromatic rings. The van der Waals surface area contributed by atoms with Crippen LogP contribution < -0.4 is 10.4 Å². The average Bonchev–Trinajstić information content (AvgIpc) is 2.24. The van der Waals surface area contributed by atoms with Crippen molar-refractivity contribution < 1.29 is 20.0 Å². The first-order chi connectivity index (χ1) is 8.02. The van der Waals surface area contributed by atoms with Crippen LogP contribution >= 0.6 is 0 Å². The summed E-state index contributed by atoms with van der Waals surface area (Å²) >= 11 is 0. The zero-order valence-corrected chi connectivity index (χ0v) is 11.0. The number of quaternary nitrogens is 1. The molecule has 0 bridgehead atoms. The van der Waals surface area contributed by atoms with Crippen LogP contribution in [0.4, 0.5) is 0 Å². The minimum atomic E-state index is -1.14. The number of rotatable bonds is 11. The van der Waals surface area contributed by atoms with E-state index in [0.29, 0.717) is 6.42 Å². The van der Waals surface area contributed by atoms with Crippen LogP contribution in [0.25, 0.3) is 0 Å². The summed E-state index contributed by atoms with van der Waals surface area (Å²) in [6, 6.07) is 0. The summed E-state index contributed by atoms with van der Waals surface area (Å²) in [5, 5.41) is 12.3. The van der Waals surface area contributed by atoms with Crippen LogP contribution in [0.5, 0.6) is 0 Å². The summed E-state index contributed by atoms with van der Waals surface area (Å²) in [6.45, 7) is 6.27. The molecule has 4 nitrogen and oxygen atoms in total. The number of carbonyl (C=O) groups excluding carboxylic acids is 2. The number of Topliss-reactive ketones (excluding diaryl/α,β-unsaturated/α-hetero) is 1. The molecule has 0 aliphatic rings. The van der Waals surface area contributed by atoms with Gasteiger partial charge in [0, 0.05) is 12.4 Å². The first kappa shape index (κ1) is 16.1. The molecule has 0 aromatic heterocycles. The molecular formula is C13H25NO3. The molecule has 100 valence electrons. The standard InChI is InChI=1S/C13H25NO3/c1-11(2)5-3-4-9-14-10-8-12(15)6-7-13(16)17/h11,14H,3-10H2,1-2H3,(H,16,17). The van der Waals surface area contributed by atoms with Gasteiger partial charge in [0.1, 0.15) is 5.78 Å². The van der Waals surface area contributed by atoms with Crippen molar-refractivity contribution >= 4 is 11.8 Å². The second-order valence-corrected chi connectivity index (χ2v) is 4.92. The van der Waals surface area contributed by atoms with Gasteiger partial charge >= 0.3 is 0 Å². The Balaban J connectivity index is 3.22. The first-order valence-corrected chi connectivity index (χ1v) is 6.55. The fraction of sp³-hybridized carbons (Fsp3) is 0.846. The predicted molar refractivity (Wildman–Crippen MR) is 64.2 cm³/mol. The van der Waals surface area contributed by atoms with E-state index in [2.05, 4.69) is 19.2 Å². The maximum absolute atomic E-state index is 11.2. The van der Waals surface area contributed by atoms with E-state index in [0.717, 1.165) is 19.0 Å². The Morgan fingerprint density at radius 1 is 1.06 bits per heavy atom. The smallest absolute Gasteiger partial charge is 0.138 e. The number of carbonyl (C=O) groups is 2. The third kappa shape index (κ3) is 13.0. The molecule has 0 rings (SSSR count). The number of hydrogen-bond donors (Lipinski definition) is 1. The van der Waals surface area contributed by atoms with Crippen LogP contribution in [0.15, 0.2) is 0 Å². The quantitative estimate of drug-likeness (QED) is 0.514. The molecule has 2 N–H and O–H groups in total. The van der Waals surface area contributed by atoms with Crippen molar-refractivity contribution in [2.75, 3.05) is 13.1 Å². The fourth-order valence-corrected chi connectivity index (χ4v) is 1.62. The van der Waals surface area contributed by atoms with Crippen LogP contribution in [-0.4, -0.2) is 24.8 Å². The lowest BCUT2D eigenvalue weighted by molar-refractivity contribution is -0.654. The average molecular weight is 243 g/mol. The van der Waals surface area contributed by atoms with Gasteiger partial charge in [0.15, 0.2) is 0 Å². The van der Waals surface area contributed by atoms with Gasteiger partial charge in [-0.15, -0.1) is 0 Å². The summed E-state index contributed by atoms with van der Waals surface area (Å²) in [4.78, 5) is 21.4. The maximum atomic E-state index is 11.2. The van der Waals surface area contributed by atoms with Gasteiger partial charge in [-0.3, -0.25) is 4.79 Å². The molecule has 0 atom stereocenters. The highest BCUT2D eigenvalue weighted by atomic mass is 16.4. The van der Waals surface area contributed by atoms with E-state index in [4.69, 9.17) is 0 Å². The van der Waals surface area contributed by atoms with E-state index in [1.807, 2.05) is 0 Å². The van der Waals surface area contributed by atoms with Crippen molar-refractivity contribution in [2.45, 2.75) is 52.4 Å². The summed E-state index contributed by atoms with van der Waals surface area (Å²) in [5.74, 6) is -0.357. The largest absolute Gasteiger partial charge is 0.550 e. The Kier molecular flexibility index (Phi) is 9.72. The number of nitrogens with two attached hydrogens (primary N) is 1. The van der Waals surface area contributed by atoms with Gasteiger partial charge in [0.25, 0.3) is 0 Å². The van der Waals surface area contributed by atoms with Gasteiger partial charge < -0.3 is 15.2 Å². The van der Waals surface area contributed by atoms with Crippen LogP contribution in [0.1, 0.15) is 52.4 Å². The fourth-order valence-electron chi connectivity index (χ4n) is 1.62. The summed E-state index contributed by atoms with van der Waals surface area (Å²) in [6.07, 6.45) is 4.13. The molecule has 0 aliphatic carbocycles. The van der Waals surface area contributed by atoms with Crippen molar-refractivity contribution in [2.24, 2.45) is 5.92 Å². The molecule has 0 fully saturated rings. The third-order valence-electron chi connectivity index (χ3n) is 2.67. The molecule has 17 heavy (non-hydrogen) atoms. The zero-order chi connectivity index (χ0) is 13.1. The minimum Gasteiger partial charge on any atom is -0.550 e. The first-order valence-electron chi connectivity index (χ1n) is 6.55. The Labute approximate surface area is 104 Å². The normalized spacial score (nSPS) is 10.8. The van der Waals surface area contributed by atoms with E-state index in [9.17, 15) is 14.7 Å². The lowest BCUT2D eigenvalue weighted by atomic mass is 10.1. The van der Waals surface area contributed by atoms with Gasteiger partial charge in [-0.2, -0.15) is 0 Å². The number of ketones is 1. The molecule has 0 saturated heterocycles. The maximum Gasteiger partial charge on any atom is 0.138 e. The predicted octanol–water partition coefficient (Wildman–Crippen LogP) is -0.135. The van der Waals surface area contributed by atoms with Crippen LogP contribution in [0.2, 0.25) is 0 Å². The zero-order valence-electron chi connectivity index (χ0n) is 11.0. The van der Waals surface area contributed by atoms with E-state index < -0.39 is 5.97 Å². The Hall–Kier alpha value is -0.900. The van der Waals surface area contributed by atoms with Crippen molar-refractivity contribution in [1.82, 2.24) is 0 Å². The highest BCUT2D eigenvalue weighted by Crippen LogP contribution is 2.04. The molecule has 0 spiro atoms.